The van der Waals surface area contributed by atoms with Gasteiger partial charge in [-0.2, -0.15) is 13.2 Å². The summed E-state index contributed by atoms with van der Waals surface area (Å²) < 4.78 is 47.3. The smallest absolute Gasteiger partial charge is 0.384 e. The van der Waals surface area contributed by atoms with E-state index < -0.39 is 18.5 Å². The molecule has 1 N–H and O–H groups in total. The van der Waals surface area contributed by atoms with Gasteiger partial charge >= 0.3 is 6.18 Å². The van der Waals surface area contributed by atoms with Crippen LogP contribution < -0.4 is 0 Å². The Bertz CT molecular complexity index is 150. The van der Waals surface area contributed by atoms with E-state index in [2.05, 4.69) is 0 Å². The van der Waals surface area contributed by atoms with Gasteiger partial charge in [0.15, 0.2) is 0 Å². The number of rotatable bonds is 2. The molecule has 0 aliphatic heterocycles. The lowest BCUT2D eigenvalue weighted by atomic mass is 9.80. The van der Waals surface area contributed by atoms with E-state index in [1.165, 1.54) is 0 Å². The summed E-state index contributed by atoms with van der Waals surface area (Å²) in [5.41, 5.74) is 0. The van der Waals surface area contributed by atoms with Gasteiger partial charge in [0, 0.05) is 0 Å². The SMILES string of the molecule is OC(CC1CC(F)C1)C(F)(F)F. The Kier molecular flexibility index (Phi) is 2.61. The maximum atomic E-state index is 12.2. The first-order valence-corrected chi connectivity index (χ1v) is 3.78. The number of aliphatic hydroxyl groups excluding tert-OH is 1. The Hall–Kier alpha value is -0.320. The third-order valence-corrected chi connectivity index (χ3v) is 2.11. The molecule has 0 bridgehead atoms. The van der Waals surface area contributed by atoms with Crippen molar-refractivity contribution in [3.8, 4) is 0 Å². The summed E-state index contributed by atoms with van der Waals surface area (Å²) in [5.74, 6) is -0.295. The lowest BCUT2D eigenvalue weighted by molar-refractivity contribution is -0.211. The van der Waals surface area contributed by atoms with Crippen molar-refractivity contribution in [2.24, 2.45) is 5.92 Å². The summed E-state index contributed by atoms with van der Waals surface area (Å²) >= 11 is 0. The molecule has 0 saturated heterocycles. The summed E-state index contributed by atoms with van der Waals surface area (Å²) in [6, 6.07) is 0. The standard InChI is InChI=1S/C7H10F4O/c8-5-1-4(2-5)3-6(12)7(9,10)11/h4-6,12H,1-3H2. The molecule has 12 heavy (non-hydrogen) atoms. The van der Waals surface area contributed by atoms with Crippen LogP contribution in [0.1, 0.15) is 19.3 Å². The third-order valence-electron chi connectivity index (χ3n) is 2.11. The van der Waals surface area contributed by atoms with Crippen molar-refractivity contribution in [1.29, 1.82) is 0 Å². The van der Waals surface area contributed by atoms with Gasteiger partial charge in [-0.1, -0.05) is 0 Å². The van der Waals surface area contributed by atoms with Crippen LogP contribution >= 0.6 is 0 Å². The topological polar surface area (TPSA) is 20.2 Å². The van der Waals surface area contributed by atoms with Gasteiger partial charge < -0.3 is 5.11 Å². The van der Waals surface area contributed by atoms with E-state index in [9.17, 15) is 17.6 Å². The van der Waals surface area contributed by atoms with E-state index in [-0.39, 0.29) is 25.2 Å². The Morgan fingerprint density at radius 2 is 1.83 bits per heavy atom. The molecule has 1 atom stereocenters. The number of halogens is 4. The highest BCUT2D eigenvalue weighted by Gasteiger charge is 2.42. The highest BCUT2D eigenvalue weighted by molar-refractivity contribution is 4.82. The molecule has 1 saturated carbocycles. The Balaban J connectivity index is 2.23. The van der Waals surface area contributed by atoms with Crippen LogP contribution in [0, 0.1) is 5.92 Å². The second-order valence-corrected chi connectivity index (χ2v) is 3.23. The zero-order valence-corrected chi connectivity index (χ0v) is 6.31. The fourth-order valence-electron chi connectivity index (χ4n) is 1.30. The largest absolute Gasteiger partial charge is 0.414 e. The normalized spacial score (nSPS) is 32.8. The molecular formula is C7H10F4O. The predicted octanol–water partition coefficient (Wildman–Crippen LogP) is 2.05. The average Bonchev–Trinajstić information content (AvgIpc) is 1.82. The molecule has 0 radical (unpaired) electrons. The summed E-state index contributed by atoms with van der Waals surface area (Å²) in [4.78, 5) is 0. The van der Waals surface area contributed by atoms with Crippen molar-refractivity contribution in [1.82, 2.24) is 0 Å². The molecule has 0 aromatic heterocycles. The van der Waals surface area contributed by atoms with Gasteiger partial charge in [0.25, 0.3) is 0 Å². The summed E-state index contributed by atoms with van der Waals surface area (Å²) in [6.45, 7) is 0. The molecule has 0 heterocycles. The number of hydrogen-bond donors (Lipinski definition) is 1. The molecule has 0 spiro atoms. The van der Waals surface area contributed by atoms with Crippen LogP contribution in [0.3, 0.4) is 0 Å². The zero-order chi connectivity index (χ0) is 9.35. The monoisotopic (exact) mass is 186 g/mol. The van der Waals surface area contributed by atoms with Crippen LogP contribution in [0.2, 0.25) is 0 Å². The van der Waals surface area contributed by atoms with Crippen molar-refractivity contribution in [2.45, 2.75) is 37.7 Å². The first kappa shape index (κ1) is 9.77. The second kappa shape index (κ2) is 3.20. The lowest BCUT2D eigenvalue weighted by Gasteiger charge is -2.31. The maximum Gasteiger partial charge on any atom is 0.414 e. The average molecular weight is 186 g/mol. The maximum absolute atomic E-state index is 12.2. The lowest BCUT2D eigenvalue weighted by Crippen LogP contribution is -2.35. The Morgan fingerprint density at radius 3 is 2.17 bits per heavy atom. The number of aliphatic hydroxyl groups is 1. The molecule has 0 aromatic rings. The number of hydrogen-bond acceptors (Lipinski definition) is 1. The minimum atomic E-state index is -4.55. The Morgan fingerprint density at radius 1 is 1.33 bits per heavy atom. The van der Waals surface area contributed by atoms with Gasteiger partial charge in [-0.15, -0.1) is 0 Å². The van der Waals surface area contributed by atoms with E-state index in [0.717, 1.165) is 0 Å². The summed E-state index contributed by atoms with van der Waals surface area (Å²) in [7, 11) is 0. The van der Waals surface area contributed by atoms with Crippen molar-refractivity contribution in [3.05, 3.63) is 0 Å². The van der Waals surface area contributed by atoms with Gasteiger partial charge in [-0.3, -0.25) is 0 Å². The van der Waals surface area contributed by atoms with E-state index in [0.29, 0.717) is 0 Å². The molecular weight excluding hydrogens is 176 g/mol. The fourth-order valence-corrected chi connectivity index (χ4v) is 1.30. The zero-order valence-electron chi connectivity index (χ0n) is 6.31. The predicted molar refractivity (Wildman–Crippen MR) is 34.3 cm³/mol. The molecule has 1 rings (SSSR count). The fraction of sp³-hybridized carbons (Fsp3) is 1.00. The van der Waals surface area contributed by atoms with Crippen molar-refractivity contribution in [2.75, 3.05) is 0 Å². The third kappa shape index (κ3) is 2.33. The van der Waals surface area contributed by atoms with Crippen molar-refractivity contribution in [3.63, 3.8) is 0 Å². The van der Waals surface area contributed by atoms with Crippen LogP contribution in [-0.4, -0.2) is 23.6 Å². The van der Waals surface area contributed by atoms with Crippen molar-refractivity contribution < 1.29 is 22.7 Å². The van der Waals surface area contributed by atoms with Crippen LogP contribution in [0.5, 0.6) is 0 Å². The molecule has 5 heteroatoms. The van der Waals surface area contributed by atoms with E-state index in [1.807, 2.05) is 0 Å². The van der Waals surface area contributed by atoms with E-state index >= 15 is 0 Å². The first-order chi connectivity index (χ1) is 5.39. The number of alkyl halides is 4. The first-order valence-electron chi connectivity index (χ1n) is 3.78. The summed E-state index contributed by atoms with van der Waals surface area (Å²) in [5, 5.41) is 8.56. The molecule has 1 unspecified atom stereocenters. The minimum Gasteiger partial charge on any atom is -0.384 e. The minimum absolute atomic E-state index is 0.160. The van der Waals surface area contributed by atoms with Gasteiger partial charge in [-0.25, -0.2) is 4.39 Å². The van der Waals surface area contributed by atoms with Gasteiger partial charge in [0.2, 0.25) is 0 Å². The van der Waals surface area contributed by atoms with E-state index in [4.69, 9.17) is 5.11 Å². The molecule has 1 aliphatic rings. The van der Waals surface area contributed by atoms with Crippen LogP contribution in [0.25, 0.3) is 0 Å². The quantitative estimate of drug-likeness (QED) is 0.654. The molecule has 0 aromatic carbocycles. The van der Waals surface area contributed by atoms with E-state index in [1.54, 1.807) is 0 Å². The van der Waals surface area contributed by atoms with Crippen molar-refractivity contribution >= 4 is 0 Å². The summed E-state index contributed by atoms with van der Waals surface area (Å²) in [6.07, 6.45) is -7.84. The molecule has 0 amide bonds. The highest BCUT2D eigenvalue weighted by atomic mass is 19.4. The second-order valence-electron chi connectivity index (χ2n) is 3.23. The molecule has 1 fully saturated rings. The molecule has 72 valence electrons. The van der Waals surface area contributed by atoms with Crippen LogP contribution in [0.4, 0.5) is 17.6 Å². The highest BCUT2D eigenvalue weighted by Crippen LogP contribution is 2.36. The molecule has 1 aliphatic carbocycles. The van der Waals surface area contributed by atoms with Crippen LogP contribution in [-0.2, 0) is 0 Å². The Labute approximate surface area is 67.4 Å². The molecule has 1 nitrogen and oxygen atoms in total. The van der Waals surface area contributed by atoms with Gasteiger partial charge in [-0.05, 0) is 25.2 Å². The van der Waals surface area contributed by atoms with Gasteiger partial charge in [0.05, 0.1) is 0 Å². The van der Waals surface area contributed by atoms with Gasteiger partial charge in [0.1, 0.15) is 12.3 Å². The van der Waals surface area contributed by atoms with Crippen LogP contribution in [0.15, 0.2) is 0 Å².